The summed E-state index contributed by atoms with van der Waals surface area (Å²) in [5, 5.41) is 9.39. The Morgan fingerprint density at radius 3 is 1.93 bits per heavy atom. The molecule has 0 spiro atoms. The first-order valence-corrected chi connectivity index (χ1v) is 5.34. The zero-order valence-electron chi connectivity index (χ0n) is 10.2. The molecule has 1 N–H and O–H groups in total. The minimum absolute atomic E-state index is 0.176. The molecule has 0 amide bonds. The molecule has 0 heterocycles. The van der Waals surface area contributed by atoms with Gasteiger partial charge in [-0.25, -0.2) is 0 Å². The van der Waals surface area contributed by atoms with Crippen molar-refractivity contribution in [2.75, 3.05) is 0 Å². The fourth-order valence-electron chi connectivity index (χ4n) is 1.64. The zero-order valence-corrected chi connectivity index (χ0v) is 10.2. The van der Waals surface area contributed by atoms with E-state index < -0.39 is 6.10 Å². The molecule has 2 heteroatoms. The molecule has 2 atom stereocenters. The Morgan fingerprint density at radius 2 is 1.53 bits per heavy atom. The van der Waals surface area contributed by atoms with Crippen molar-refractivity contribution in [2.24, 2.45) is 0 Å². The first-order chi connectivity index (χ1) is 6.91. The molecule has 0 saturated carbocycles. The number of ether oxygens (including phenoxy) is 1. The summed E-state index contributed by atoms with van der Waals surface area (Å²) in [6.07, 6.45) is -0.629. The van der Waals surface area contributed by atoms with Gasteiger partial charge in [-0.2, -0.15) is 0 Å². The average molecular weight is 208 g/mol. The van der Waals surface area contributed by atoms with Gasteiger partial charge in [0, 0.05) is 0 Å². The van der Waals surface area contributed by atoms with Crippen molar-refractivity contribution in [1.29, 1.82) is 0 Å². The van der Waals surface area contributed by atoms with E-state index in [1.54, 1.807) is 6.92 Å². The van der Waals surface area contributed by atoms with Crippen molar-refractivity contribution in [1.82, 2.24) is 0 Å². The third-order valence-corrected chi connectivity index (χ3v) is 2.59. The van der Waals surface area contributed by atoms with Crippen LogP contribution in [0.15, 0.2) is 12.1 Å². The summed E-state index contributed by atoms with van der Waals surface area (Å²) in [5.41, 5.74) is 3.49. The molecule has 0 aromatic heterocycles. The highest BCUT2D eigenvalue weighted by Crippen LogP contribution is 2.25. The van der Waals surface area contributed by atoms with Gasteiger partial charge in [0.05, 0.1) is 6.10 Å². The highest BCUT2D eigenvalue weighted by atomic mass is 16.5. The monoisotopic (exact) mass is 208 g/mol. The molecular formula is C13H20O2. The molecule has 1 aromatic carbocycles. The van der Waals surface area contributed by atoms with Crippen LogP contribution >= 0.6 is 0 Å². The van der Waals surface area contributed by atoms with Crippen LogP contribution in [0.3, 0.4) is 0 Å². The Balaban J connectivity index is 2.95. The van der Waals surface area contributed by atoms with Crippen molar-refractivity contribution in [3.63, 3.8) is 0 Å². The Morgan fingerprint density at radius 1 is 1.07 bits per heavy atom. The van der Waals surface area contributed by atoms with E-state index in [2.05, 4.69) is 19.1 Å². The SMILES string of the molecule is Cc1cc(C)c(OC(C)C(C)O)c(C)c1. The van der Waals surface area contributed by atoms with E-state index in [4.69, 9.17) is 4.74 Å². The lowest BCUT2D eigenvalue weighted by Crippen LogP contribution is -2.26. The fourth-order valence-corrected chi connectivity index (χ4v) is 1.64. The third-order valence-electron chi connectivity index (χ3n) is 2.59. The number of aryl methyl sites for hydroxylation is 3. The van der Waals surface area contributed by atoms with E-state index in [9.17, 15) is 5.11 Å². The average Bonchev–Trinajstić information content (AvgIpc) is 2.10. The number of hydrogen-bond acceptors (Lipinski definition) is 2. The number of aliphatic hydroxyl groups excluding tert-OH is 1. The van der Waals surface area contributed by atoms with Crippen molar-refractivity contribution < 1.29 is 9.84 Å². The van der Waals surface area contributed by atoms with Crippen LogP contribution in [-0.4, -0.2) is 17.3 Å². The Bertz CT molecular complexity index is 319. The van der Waals surface area contributed by atoms with Crippen LogP contribution in [0.5, 0.6) is 5.75 Å². The summed E-state index contributed by atoms with van der Waals surface area (Å²) in [7, 11) is 0. The molecule has 0 bridgehead atoms. The van der Waals surface area contributed by atoms with Crippen LogP contribution in [-0.2, 0) is 0 Å². The highest BCUT2D eigenvalue weighted by Gasteiger charge is 2.13. The van der Waals surface area contributed by atoms with Crippen LogP contribution in [0.2, 0.25) is 0 Å². The van der Waals surface area contributed by atoms with E-state index in [0.717, 1.165) is 16.9 Å². The van der Waals surface area contributed by atoms with Gasteiger partial charge >= 0.3 is 0 Å². The van der Waals surface area contributed by atoms with Crippen molar-refractivity contribution in [2.45, 2.75) is 46.8 Å². The largest absolute Gasteiger partial charge is 0.487 e. The van der Waals surface area contributed by atoms with Crippen LogP contribution in [0.4, 0.5) is 0 Å². The fraction of sp³-hybridized carbons (Fsp3) is 0.538. The van der Waals surface area contributed by atoms with Crippen molar-refractivity contribution in [3.05, 3.63) is 28.8 Å². The van der Waals surface area contributed by atoms with Crippen LogP contribution < -0.4 is 4.74 Å². The van der Waals surface area contributed by atoms with Gasteiger partial charge in [0.2, 0.25) is 0 Å². The minimum Gasteiger partial charge on any atom is -0.487 e. The lowest BCUT2D eigenvalue weighted by Gasteiger charge is -2.20. The van der Waals surface area contributed by atoms with E-state index in [1.165, 1.54) is 5.56 Å². The molecule has 1 aromatic rings. The van der Waals surface area contributed by atoms with E-state index in [1.807, 2.05) is 20.8 Å². The number of hydrogen-bond donors (Lipinski definition) is 1. The maximum Gasteiger partial charge on any atom is 0.125 e. The molecule has 0 fully saturated rings. The van der Waals surface area contributed by atoms with Gasteiger partial charge in [0.15, 0.2) is 0 Å². The number of benzene rings is 1. The number of rotatable bonds is 3. The molecule has 2 nitrogen and oxygen atoms in total. The van der Waals surface area contributed by atoms with Gasteiger partial charge < -0.3 is 9.84 Å². The maximum absolute atomic E-state index is 9.39. The Hall–Kier alpha value is -1.02. The van der Waals surface area contributed by atoms with E-state index in [0.29, 0.717) is 0 Å². The summed E-state index contributed by atoms with van der Waals surface area (Å²) >= 11 is 0. The Kier molecular flexibility index (Phi) is 3.75. The van der Waals surface area contributed by atoms with Gasteiger partial charge in [-0.05, 0) is 45.7 Å². The molecule has 1 rings (SSSR count). The first kappa shape index (κ1) is 12.1. The Labute approximate surface area is 91.9 Å². The van der Waals surface area contributed by atoms with E-state index >= 15 is 0 Å². The molecule has 0 aliphatic rings. The highest BCUT2D eigenvalue weighted by molar-refractivity contribution is 5.43. The quantitative estimate of drug-likeness (QED) is 0.827. The third kappa shape index (κ3) is 2.96. The lowest BCUT2D eigenvalue weighted by atomic mass is 10.1. The normalized spacial score (nSPS) is 14.8. The molecule has 0 aliphatic heterocycles. The second-order valence-electron chi connectivity index (χ2n) is 4.29. The van der Waals surface area contributed by atoms with Crippen molar-refractivity contribution in [3.8, 4) is 5.75 Å². The predicted molar refractivity (Wildman–Crippen MR) is 62.4 cm³/mol. The summed E-state index contributed by atoms with van der Waals surface area (Å²) in [6, 6.07) is 4.19. The van der Waals surface area contributed by atoms with Gasteiger partial charge in [0.1, 0.15) is 11.9 Å². The summed E-state index contributed by atoms with van der Waals surface area (Å²) in [5.74, 6) is 0.897. The molecule has 15 heavy (non-hydrogen) atoms. The topological polar surface area (TPSA) is 29.5 Å². The molecular weight excluding hydrogens is 188 g/mol. The maximum atomic E-state index is 9.39. The molecule has 84 valence electrons. The first-order valence-electron chi connectivity index (χ1n) is 5.34. The summed E-state index contributed by atoms with van der Waals surface area (Å²) in [4.78, 5) is 0. The van der Waals surface area contributed by atoms with Gasteiger partial charge in [-0.15, -0.1) is 0 Å². The lowest BCUT2D eigenvalue weighted by molar-refractivity contribution is 0.0596. The van der Waals surface area contributed by atoms with Crippen LogP contribution in [0.25, 0.3) is 0 Å². The summed E-state index contributed by atoms with van der Waals surface area (Å²) < 4.78 is 5.74. The standard InChI is InChI=1S/C13H20O2/c1-8-6-9(2)13(10(3)7-8)15-12(5)11(4)14/h6-7,11-12,14H,1-5H3. The molecule has 0 radical (unpaired) electrons. The van der Waals surface area contributed by atoms with Gasteiger partial charge in [0.25, 0.3) is 0 Å². The smallest absolute Gasteiger partial charge is 0.125 e. The zero-order chi connectivity index (χ0) is 11.6. The minimum atomic E-state index is -0.454. The molecule has 2 unspecified atom stereocenters. The predicted octanol–water partition coefficient (Wildman–Crippen LogP) is 2.76. The second kappa shape index (κ2) is 4.67. The van der Waals surface area contributed by atoms with Crippen LogP contribution in [0.1, 0.15) is 30.5 Å². The van der Waals surface area contributed by atoms with Gasteiger partial charge in [-0.1, -0.05) is 17.7 Å². The number of aliphatic hydroxyl groups is 1. The van der Waals surface area contributed by atoms with Crippen molar-refractivity contribution >= 4 is 0 Å². The molecule has 0 aliphatic carbocycles. The van der Waals surface area contributed by atoms with E-state index in [-0.39, 0.29) is 6.10 Å². The second-order valence-corrected chi connectivity index (χ2v) is 4.29. The molecule has 0 saturated heterocycles. The summed E-state index contributed by atoms with van der Waals surface area (Å²) in [6.45, 7) is 9.75. The van der Waals surface area contributed by atoms with Gasteiger partial charge in [-0.3, -0.25) is 0 Å². The van der Waals surface area contributed by atoms with Crippen LogP contribution in [0, 0.1) is 20.8 Å².